The van der Waals surface area contributed by atoms with Crippen molar-refractivity contribution < 1.29 is 24.2 Å². The summed E-state index contributed by atoms with van der Waals surface area (Å²) in [6.45, 7) is 0. The molecular formula is C39H34Zr-4. The monoisotopic (exact) mass is 592 g/mol. The van der Waals surface area contributed by atoms with E-state index in [1.807, 2.05) is 12.1 Å². The third kappa shape index (κ3) is 7.94. The van der Waals surface area contributed by atoms with Crippen LogP contribution in [0, 0.1) is 27.0 Å². The Hall–Kier alpha value is -3.67. The molecule has 0 fully saturated rings. The Balaban J connectivity index is 0.000000162. The third-order valence-corrected chi connectivity index (χ3v) is 7.97. The molecule has 40 heavy (non-hydrogen) atoms. The molecule has 0 saturated heterocycles. The Kier molecular flexibility index (Phi) is 12.2. The number of allylic oxidation sites excluding steroid dienone is 4. The molecule has 5 aromatic rings. The molecule has 198 valence electrons. The Labute approximate surface area is 256 Å². The van der Waals surface area contributed by atoms with Crippen molar-refractivity contribution in [2.45, 2.75) is 12.8 Å². The molecule has 0 aromatic heterocycles. The van der Waals surface area contributed by atoms with Gasteiger partial charge in [-0.05, 0) is 6.42 Å². The summed E-state index contributed by atoms with van der Waals surface area (Å²) in [5.74, 6) is 0. The molecule has 5 aromatic carbocycles. The van der Waals surface area contributed by atoms with Crippen molar-refractivity contribution in [3.63, 3.8) is 0 Å². The van der Waals surface area contributed by atoms with Gasteiger partial charge in [-0.15, -0.1) is 17.5 Å². The molecule has 0 nitrogen and oxygen atoms in total. The van der Waals surface area contributed by atoms with Crippen LogP contribution < -0.4 is 0 Å². The summed E-state index contributed by atoms with van der Waals surface area (Å²) < 4.78 is 1.42. The Bertz CT molecular complexity index is 1460. The van der Waals surface area contributed by atoms with E-state index in [0.29, 0.717) is 0 Å². The number of hydrogen-bond donors (Lipinski definition) is 0. The van der Waals surface area contributed by atoms with E-state index >= 15 is 0 Å². The standard InChI is InChI=1S/C13H9.C13H10.C11H9.2CH3.Zr/c1-3-7-12-10(5-1)9-11-6-2-4-8-13(11)12;1-3-7-12(8-4-1)11-13-9-5-2-6-10-13;1-2-6-10(7-3-1)11-8-4-5-9-11;;;/h1-5,7-8H,9H2;1-10H;1-3,6-9H,4H2;2*1H3;/q-1;;3*-1;. The number of rotatable bonds is 3. The molecule has 0 atom stereocenters. The SMILES string of the molecule is [C-]1=CC(c2ccccc2)=CC1.[CH3-].[CH3-].[Zr]=[C](c1ccccc1)c1ccccc1.[c-]1cccc2c1Cc1ccccc1-2. The van der Waals surface area contributed by atoms with E-state index in [9.17, 15) is 0 Å². The molecule has 2 aliphatic carbocycles. The first-order chi connectivity index (χ1) is 18.8. The molecule has 2 aliphatic rings. The van der Waals surface area contributed by atoms with Crippen LogP contribution in [0.5, 0.6) is 0 Å². The van der Waals surface area contributed by atoms with Crippen LogP contribution in [0.4, 0.5) is 0 Å². The van der Waals surface area contributed by atoms with Crippen LogP contribution in [0.3, 0.4) is 0 Å². The zero-order valence-electron chi connectivity index (χ0n) is 23.3. The first-order valence-electron chi connectivity index (χ1n) is 12.9. The zero-order valence-corrected chi connectivity index (χ0v) is 25.7. The summed E-state index contributed by atoms with van der Waals surface area (Å²) in [5, 5.41) is 0. The summed E-state index contributed by atoms with van der Waals surface area (Å²) in [5.41, 5.74) is 10.8. The van der Waals surface area contributed by atoms with E-state index in [2.05, 4.69) is 146 Å². The second-order valence-corrected chi connectivity index (χ2v) is 10.3. The number of benzene rings is 5. The second-order valence-electron chi connectivity index (χ2n) is 9.08. The van der Waals surface area contributed by atoms with Crippen LogP contribution in [-0.2, 0) is 30.7 Å². The van der Waals surface area contributed by atoms with Gasteiger partial charge >= 0.3 is 99.2 Å². The van der Waals surface area contributed by atoms with Gasteiger partial charge in [-0.25, -0.2) is 6.08 Å². The zero-order chi connectivity index (χ0) is 26.0. The molecule has 0 radical (unpaired) electrons. The Morgan fingerprint density at radius 1 is 0.600 bits per heavy atom. The molecular weight excluding hydrogens is 560 g/mol. The van der Waals surface area contributed by atoms with Gasteiger partial charge in [0.25, 0.3) is 0 Å². The van der Waals surface area contributed by atoms with Crippen molar-refractivity contribution in [1.82, 2.24) is 0 Å². The molecule has 0 unspecified atom stereocenters. The van der Waals surface area contributed by atoms with Gasteiger partial charge in [0.15, 0.2) is 0 Å². The molecule has 0 bridgehead atoms. The summed E-state index contributed by atoms with van der Waals surface area (Å²) in [6.07, 6.45) is 9.40. The molecule has 0 spiro atoms. The molecule has 0 saturated carbocycles. The van der Waals surface area contributed by atoms with Gasteiger partial charge in [0, 0.05) is 0 Å². The third-order valence-electron chi connectivity index (χ3n) is 6.55. The van der Waals surface area contributed by atoms with Gasteiger partial charge in [0.2, 0.25) is 0 Å². The molecule has 7 rings (SSSR count). The van der Waals surface area contributed by atoms with Crippen LogP contribution in [-0.4, -0.2) is 3.21 Å². The van der Waals surface area contributed by atoms with Gasteiger partial charge in [0.1, 0.15) is 0 Å². The number of fused-ring (bicyclic) bond motifs is 3. The smallest absolute Gasteiger partial charge is 0.0253 e. The van der Waals surface area contributed by atoms with E-state index in [1.54, 1.807) is 0 Å². The van der Waals surface area contributed by atoms with Crippen molar-refractivity contribution in [2.24, 2.45) is 0 Å². The van der Waals surface area contributed by atoms with Gasteiger partial charge in [-0.2, -0.15) is 41.5 Å². The summed E-state index contributed by atoms with van der Waals surface area (Å²) in [6, 6.07) is 49.6. The topological polar surface area (TPSA) is 0 Å². The average molecular weight is 594 g/mol. The van der Waals surface area contributed by atoms with Crippen LogP contribution in [0.25, 0.3) is 16.7 Å². The van der Waals surface area contributed by atoms with Gasteiger partial charge in [-0.3, -0.25) is 6.08 Å². The van der Waals surface area contributed by atoms with Crippen molar-refractivity contribution in [1.29, 1.82) is 0 Å². The minimum absolute atomic E-state index is 0. The first kappa shape index (κ1) is 30.9. The van der Waals surface area contributed by atoms with Crippen LogP contribution in [0.2, 0.25) is 0 Å². The predicted octanol–water partition coefficient (Wildman–Crippen LogP) is 9.59. The quantitative estimate of drug-likeness (QED) is 0.179. The predicted molar refractivity (Wildman–Crippen MR) is 169 cm³/mol. The Morgan fingerprint density at radius 2 is 1.15 bits per heavy atom. The van der Waals surface area contributed by atoms with E-state index in [0.717, 1.165) is 12.8 Å². The van der Waals surface area contributed by atoms with Crippen molar-refractivity contribution >= 4 is 8.78 Å². The summed E-state index contributed by atoms with van der Waals surface area (Å²) in [4.78, 5) is 0. The maximum absolute atomic E-state index is 3.30. The van der Waals surface area contributed by atoms with E-state index < -0.39 is 0 Å². The van der Waals surface area contributed by atoms with E-state index in [-0.39, 0.29) is 14.9 Å². The minimum Gasteiger partial charge on any atom is -0.179 e. The van der Waals surface area contributed by atoms with Gasteiger partial charge in [-0.1, -0.05) is 65.7 Å². The molecule has 0 aliphatic heterocycles. The van der Waals surface area contributed by atoms with Gasteiger partial charge < -0.3 is 14.9 Å². The fourth-order valence-electron chi connectivity index (χ4n) is 4.60. The summed E-state index contributed by atoms with van der Waals surface area (Å²) in [7, 11) is 0. The van der Waals surface area contributed by atoms with Crippen molar-refractivity contribution in [2.75, 3.05) is 0 Å². The van der Waals surface area contributed by atoms with Crippen LogP contribution in [0.15, 0.2) is 146 Å². The largest absolute Gasteiger partial charge is 0.179 e. The molecule has 0 amide bonds. The average Bonchev–Trinajstić information content (AvgIpc) is 3.68. The molecule has 1 heteroatoms. The number of hydrogen-bond acceptors (Lipinski definition) is 0. The van der Waals surface area contributed by atoms with E-state index in [1.165, 1.54) is 72.0 Å². The molecule has 0 heterocycles. The maximum Gasteiger partial charge on any atom is -0.0253 e. The fourth-order valence-corrected chi connectivity index (χ4v) is 5.42. The second kappa shape index (κ2) is 15.8. The van der Waals surface area contributed by atoms with Gasteiger partial charge in [0.05, 0.1) is 0 Å². The van der Waals surface area contributed by atoms with Crippen molar-refractivity contribution in [3.8, 4) is 11.1 Å². The maximum atomic E-state index is 3.30. The molecule has 0 N–H and O–H groups in total. The van der Waals surface area contributed by atoms with Crippen LogP contribution in [0.1, 0.15) is 34.2 Å². The normalized spacial score (nSPS) is 11.5. The fraction of sp³-hybridized carbons (Fsp3) is 0.0513. The van der Waals surface area contributed by atoms with E-state index in [4.69, 9.17) is 0 Å². The van der Waals surface area contributed by atoms with Crippen molar-refractivity contribution in [3.05, 3.63) is 200 Å². The Morgan fingerprint density at radius 3 is 1.75 bits per heavy atom. The summed E-state index contributed by atoms with van der Waals surface area (Å²) >= 11 is 1.46. The first-order valence-corrected chi connectivity index (χ1v) is 14.1. The minimum atomic E-state index is 0. The van der Waals surface area contributed by atoms with Crippen LogP contribution >= 0.6 is 0 Å².